The van der Waals surface area contributed by atoms with Gasteiger partial charge in [-0.05, 0) is 25.5 Å². The second-order valence-electron chi connectivity index (χ2n) is 4.39. The maximum atomic E-state index is 12.6. The highest BCUT2D eigenvalue weighted by atomic mass is 31.2. The molecule has 19 heavy (non-hydrogen) atoms. The topological polar surface area (TPSA) is 40.5 Å². The molecule has 4 nitrogen and oxygen atoms in total. The van der Waals surface area contributed by atoms with Gasteiger partial charge in [0.1, 0.15) is 0 Å². The van der Waals surface area contributed by atoms with Crippen LogP contribution >= 0.6 is 7.60 Å². The van der Waals surface area contributed by atoms with Gasteiger partial charge in [-0.25, -0.2) is 0 Å². The van der Waals surface area contributed by atoms with Gasteiger partial charge in [-0.1, -0.05) is 18.2 Å². The van der Waals surface area contributed by atoms with Gasteiger partial charge in [0.05, 0.1) is 19.4 Å². The van der Waals surface area contributed by atoms with Crippen LogP contribution in [-0.2, 0) is 26.8 Å². The average molecular weight is 281 g/mol. The molecule has 0 N–H and O–H groups in total. The summed E-state index contributed by atoms with van der Waals surface area (Å²) in [5.74, 6) is 0. The Balaban J connectivity index is 2.37. The minimum absolute atomic E-state index is 0.316. The van der Waals surface area contributed by atoms with Crippen LogP contribution < -0.4 is 0 Å². The molecule has 0 spiro atoms. The molecule has 104 valence electrons. The van der Waals surface area contributed by atoms with E-state index in [0.717, 1.165) is 16.5 Å². The van der Waals surface area contributed by atoms with E-state index < -0.39 is 7.60 Å². The van der Waals surface area contributed by atoms with E-state index in [2.05, 4.69) is 0 Å². The van der Waals surface area contributed by atoms with Gasteiger partial charge in [-0.15, -0.1) is 0 Å². The number of hydrogen-bond acceptors (Lipinski definition) is 3. The SMILES string of the molecule is CCOP(=O)(Cc1cn(C)c2ccccc12)OCC. The third kappa shape index (κ3) is 3.08. The molecule has 0 aliphatic rings. The van der Waals surface area contributed by atoms with E-state index in [0.29, 0.717) is 19.4 Å². The third-order valence-corrected chi connectivity index (χ3v) is 5.03. The van der Waals surface area contributed by atoms with E-state index in [1.807, 2.05) is 55.9 Å². The van der Waals surface area contributed by atoms with Crippen molar-refractivity contribution in [3.63, 3.8) is 0 Å². The van der Waals surface area contributed by atoms with Crippen molar-refractivity contribution in [3.8, 4) is 0 Å². The number of para-hydroxylation sites is 1. The smallest absolute Gasteiger partial charge is 0.335 e. The van der Waals surface area contributed by atoms with Crippen LogP contribution in [0.3, 0.4) is 0 Å². The predicted molar refractivity (Wildman–Crippen MR) is 77.5 cm³/mol. The van der Waals surface area contributed by atoms with Crippen LogP contribution in [0.1, 0.15) is 19.4 Å². The summed E-state index contributed by atoms with van der Waals surface area (Å²) in [4.78, 5) is 0. The van der Waals surface area contributed by atoms with Crippen molar-refractivity contribution < 1.29 is 13.6 Å². The van der Waals surface area contributed by atoms with Gasteiger partial charge in [-0.2, -0.15) is 0 Å². The molecule has 0 aliphatic carbocycles. The minimum atomic E-state index is -3.05. The lowest BCUT2D eigenvalue weighted by Crippen LogP contribution is -1.98. The van der Waals surface area contributed by atoms with Gasteiger partial charge in [0.15, 0.2) is 0 Å². The van der Waals surface area contributed by atoms with Crippen LogP contribution in [0, 0.1) is 0 Å². The predicted octanol–water partition coefficient (Wildman–Crippen LogP) is 3.94. The van der Waals surface area contributed by atoms with Crippen molar-refractivity contribution in [2.75, 3.05) is 13.2 Å². The Hall–Kier alpha value is -1.09. The van der Waals surface area contributed by atoms with Gasteiger partial charge in [0, 0.05) is 24.1 Å². The van der Waals surface area contributed by atoms with Gasteiger partial charge in [-0.3, -0.25) is 4.57 Å². The van der Waals surface area contributed by atoms with Crippen LogP contribution in [0.4, 0.5) is 0 Å². The molecule has 0 saturated heterocycles. The Kier molecular flexibility index (Phi) is 4.46. The first-order valence-electron chi connectivity index (χ1n) is 6.50. The van der Waals surface area contributed by atoms with E-state index in [4.69, 9.17) is 9.05 Å². The summed E-state index contributed by atoms with van der Waals surface area (Å²) in [5, 5.41) is 1.10. The van der Waals surface area contributed by atoms with Gasteiger partial charge in [0.25, 0.3) is 0 Å². The lowest BCUT2D eigenvalue weighted by Gasteiger charge is -2.16. The van der Waals surface area contributed by atoms with E-state index in [1.54, 1.807) is 0 Å². The molecule has 5 heteroatoms. The summed E-state index contributed by atoms with van der Waals surface area (Å²) in [6.07, 6.45) is 2.31. The number of aromatic nitrogens is 1. The van der Waals surface area contributed by atoms with Crippen molar-refractivity contribution in [1.82, 2.24) is 4.57 Å². The summed E-state index contributed by atoms with van der Waals surface area (Å²) in [6.45, 7) is 4.44. The fourth-order valence-corrected chi connectivity index (χ4v) is 4.00. The first-order valence-corrected chi connectivity index (χ1v) is 8.23. The van der Waals surface area contributed by atoms with E-state index >= 15 is 0 Å². The minimum Gasteiger partial charge on any atom is -0.350 e. The molecule has 2 aromatic rings. The Bertz CT molecular complexity index is 596. The third-order valence-electron chi connectivity index (χ3n) is 3.00. The summed E-state index contributed by atoms with van der Waals surface area (Å²) >= 11 is 0. The number of fused-ring (bicyclic) bond motifs is 1. The Labute approximate surface area is 113 Å². The molecule has 0 atom stereocenters. The van der Waals surface area contributed by atoms with Crippen LogP contribution in [0.5, 0.6) is 0 Å². The Morgan fingerprint density at radius 3 is 2.42 bits per heavy atom. The summed E-state index contributed by atoms with van der Waals surface area (Å²) in [6, 6.07) is 8.06. The normalized spacial score (nSPS) is 12.2. The van der Waals surface area contributed by atoms with E-state index in [1.165, 1.54) is 0 Å². The zero-order chi connectivity index (χ0) is 13.9. The zero-order valence-electron chi connectivity index (χ0n) is 11.6. The second kappa shape index (κ2) is 5.91. The van der Waals surface area contributed by atoms with Crippen molar-refractivity contribution in [2.24, 2.45) is 7.05 Å². The lowest BCUT2D eigenvalue weighted by molar-refractivity contribution is 0.219. The molecule has 0 unspecified atom stereocenters. The highest BCUT2D eigenvalue weighted by Gasteiger charge is 2.25. The Morgan fingerprint density at radius 2 is 1.79 bits per heavy atom. The molecular formula is C14H20NO3P. The van der Waals surface area contributed by atoms with Crippen molar-refractivity contribution in [2.45, 2.75) is 20.0 Å². The summed E-state index contributed by atoms with van der Waals surface area (Å²) in [7, 11) is -1.06. The molecule has 0 radical (unpaired) electrons. The zero-order valence-corrected chi connectivity index (χ0v) is 12.5. The molecule has 0 bridgehead atoms. The maximum absolute atomic E-state index is 12.6. The largest absolute Gasteiger partial charge is 0.350 e. The van der Waals surface area contributed by atoms with Gasteiger partial charge in [0.2, 0.25) is 0 Å². The standard InChI is InChI=1S/C14H20NO3P/c1-4-17-19(16,18-5-2)11-12-10-15(3)14-9-7-6-8-13(12)14/h6-10H,4-5,11H2,1-3H3. The van der Waals surface area contributed by atoms with Crippen LogP contribution in [0.25, 0.3) is 10.9 Å². The monoisotopic (exact) mass is 281 g/mol. The molecule has 0 amide bonds. The molecule has 0 fully saturated rings. The number of hydrogen-bond donors (Lipinski definition) is 0. The molecular weight excluding hydrogens is 261 g/mol. The molecule has 0 aliphatic heterocycles. The number of nitrogens with zero attached hydrogens (tertiary/aromatic N) is 1. The summed E-state index contributed by atoms with van der Waals surface area (Å²) < 4.78 is 25.3. The fraction of sp³-hybridized carbons (Fsp3) is 0.429. The van der Waals surface area contributed by atoms with E-state index in [9.17, 15) is 4.57 Å². The number of aryl methyl sites for hydroxylation is 1. The molecule has 1 heterocycles. The van der Waals surface area contributed by atoms with Crippen LogP contribution in [0.15, 0.2) is 30.5 Å². The summed E-state index contributed by atoms with van der Waals surface area (Å²) in [5.41, 5.74) is 2.13. The number of benzene rings is 1. The van der Waals surface area contributed by atoms with Crippen molar-refractivity contribution >= 4 is 18.5 Å². The fourth-order valence-electron chi connectivity index (χ4n) is 2.28. The highest BCUT2D eigenvalue weighted by molar-refractivity contribution is 7.53. The average Bonchev–Trinajstić information content (AvgIpc) is 2.67. The van der Waals surface area contributed by atoms with E-state index in [-0.39, 0.29) is 0 Å². The first-order chi connectivity index (χ1) is 9.09. The van der Waals surface area contributed by atoms with Crippen LogP contribution in [-0.4, -0.2) is 17.8 Å². The number of rotatable bonds is 6. The first kappa shape index (κ1) is 14.3. The lowest BCUT2D eigenvalue weighted by atomic mass is 10.2. The maximum Gasteiger partial charge on any atom is 0.335 e. The molecule has 1 aromatic heterocycles. The molecule has 1 aromatic carbocycles. The van der Waals surface area contributed by atoms with Gasteiger partial charge < -0.3 is 13.6 Å². The Morgan fingerprint density at radius 1 is 1.16 bits per heavy atom. The van der Waals surface area contributed by atoms with Gasteiger partial charge >= 0.3 is 7.60 Å². The quantitative estimate of drug-likeness (QED) is 0.753. The highest BCUT2D eigenvalue weighted by Crippen LogP contribution is 2.52. The molecule has 2 rings (SSSR count). The van der Waals surface area contributed by atoms with Crippen molar-refractivity contribution in [3.05, 3.63) is 36.0 Å². The van der Waals surface area contributed by atoms with Crippen LogP contribution in [0.2, 0.25) is 0 Å². The second-order valence-corrected chi connectivity index (χ2v) is 6.44. The molecule has 0 saturated carbocycles. The van der Waals surface area contributed by atoms with Crippen molar-refractivity contribution in [1.29, 1.82) is 0 Å².